The lowest BCUT2D eigenvalue weighted by Gasteiger charge is -2.34. The molecule has 2 aliphatic heterocycles. The van der Waals surface area contributed by atoms with Crippen LogP contribution in [0.5, 0.6) is 0 Å². The highest BCUT2D eigenvalue weighted by molar-refractivity contribution is 7.89. The summed E-state index contributed by atoms with van der Waals surface area (Å²) in [7, 11) is -1.89. The minimum absolute atomic E-state index is 0.142. The summed E-state index contributed by atoms with van der Waals surface area (Å²) in [5, 5.41) is 3.24. The van der Waals surface area contributed by atoms with Crippen LogP contribution in [-0.2, 0) is 14.8 Å². The molecule has 26 heavy (non-hydrogen) atoms. The Hall–Kier alpha value is -1.48. The van der Waals surface area contributed by atoms with E-state index < -0.39 is 10.0 Å². The number of rotatable bonds is 4. The van der Waals surface area contributed by atoms with Crippen LogP contribution in [0.1, 0.15) is 30.6 Å². The van der Waals surface area contributed by atoms with Crippen LogP contribution >= 0.6 is 0 Å². The lowest BCUT2D eigenvalue weighted by Crippen LogP contribution is -2.48. The van der Waals surface area contributed by atoms with Crippen molar-refractivity contribution in [2.75, 3.05) is 33.2 Å². The molecule has 3 unspecified atom stereocenters. The van der Waals surface area contributed by atoms with Crippen molar-refractivity contribution in [3.05, 3.63) is 29.8 Å². The first-order valence-electron chi connectivity index (χ1n) is 9.02. The largest absolute Gasteiger partial charge is 0.373 e. The first-order valence-corrected chi connectivity index (χ1v) is 10.5. The zero-order valence-corrected chi connectivity index (χ0v) is 16.3. The molecule has 0 aromatic heterocycles. The third-order valence-corrected chi connectivity index (χ3v) is 6.83. The Morgan fingerprint density at radius 3 is 2.58 bits per heavy atom. The number of carbonyl (C=O) groups excluding carboxylic acids is 1. The Morgan fingerprint density at radius 1 is 1.27 bits per heavy atom. The van der Waals surface area contributed by atoms with Gasteiger partial charge in [0.2, 0.25) is 10.0 Å². The van der Waals surface area contributed by atoms with E-state index in [2.05, 4.69) is 5.32 Å². The zero-order chi connectivity index (χ0) is 18.9. The van der Waals surface area contributed by atoms with Crippen molar-refractivity contribution >= 4 is 15.9 Å². The fraction of sp³-hybridized carbons (Fsp3) is 0.611. The van der Waals surface area contributed by atoms with Gasteiger partial charge in [-0.05, 0) is 45.0 Å². The van der Waals surface area contributed by atoms with Gasteiger partial charge in [-0.25, -0.2) is 8.42 Å². The molecule has 2 aliphatic rings. The fourth-order valence-electron chi connectivity index (χ4n) is 3.61. The zero-order valence-electron chi connectivity index (χ0n) is 15.5. The molecule has 2 saturated heterocycles. The molecule has 8 heteroatoms. The number of nitrogens with one attached hydrogen (secondary N) is 1. The Labute approximate surface area is 155 Å². The first-order chi connectivity index (χ1) is 12.3. The van der Waals surface area contributed by atoms with Crippen LogP contribution in [-0.4, -0.2) is 75.0 Å². The maximum absolute atomic E-state index is 13.0. The molecule has 1 aromatic rings. The normalized spacial score (nSPS) is 27.4. The molecule has 0 spiro atoms. The lowest BCUT2D eigenvalue weighted by atomic mass is 10.1. The molecule has 2 heterocycles. The van der Waals surface area contributed by atoms with Gasteiger partial charge in [0.25, 0.3) is 5.91 Å². The molecule has 0 aliphatic carbocycles. The summed E-state index contributed by atoms with van der Waals surface area (Å²) in [4.78, 5) is 14.6. The average molecular weight is 381 g/mol. The molecular weight excluding hydrogens is 354 g/mol. The molecule has 1 amide bonds. The molecule has 0 saturated carbocycles. The first kappa shape index (κ1) is 19.3. The molecule has 1 aromatic carbocycles. The van der Waals surface area contributed by atoms with Crippen molar-refractivity contribution in [1.29, 1.82) is 0 Å². The van der Waals surface area contributed by atoms with E-state index in [0.717, 1.165) is 19.5 Å². The lowest BCUT2D eigenvalue weighted by molar-refractivity contribution is -0.0440. The van der Waals surface area contributed by atoms with Gasteiger partial charge in [0.15, 0.2) is 0 Å². The van der Waals surface area contributed by atoms with Crippen molar-refractivity contribution in [2.45, 2.75) is 43.4 Å². The molecule has 3 atom stereocenters. The Kier molecular flexibility index (Phi) is 5.67. The van der Waals surface area contributed by atoms with Crippen LogP contribution in [0.25, 0.3) is 0 Å². The molecule has 7 nitrogen and oxygen atoms in total. The molecule has 3 rings (SSSR count). The highest BCUT2D eigenvalue weighted by atomic mass is 32.2. The highest BCUT2D eigenvalue weighted by Crippen LogP contribution is 2.22. The summed E-state index contributed by atoms with van der Waals surface area (Å²) < 4.78 is 33.1. The van der Waals surface area contributed by atoms with Crippen molar-refractivity contribution in [2.24, 2.45) is 0 Å². The number of hydrogen-bond acceptors (Lipinski definition) is 5. The maximum atomic E-state index is 13.0. The summed E-state index contributed by atoms with van der Waals surface area (Å²) in [6, 6.07) is 6.48. The van der Waals surface area contributed by atoms with Crippen LogP contribution in [0.15, 0.2) is 29.2 Å². The van der Waals surface area contributed by atoms with Crippen molar-refractivity contribution in [1.82, 2.24) is 14.5 Å². The fourth-order valence-corrected chi connectivity index (χ4v) is 5.24. The van der Waals surface area contributed by atoms with Gasteiger partial charge in [0.05, 0.1) is 17.1 Å². The highest BCUT2D eigenvalue weighted by Gasteiger charge is 2.33. The van der Waals surface area contributed by atoms with Crippen molar-refractivity contribution < 1.29 is 17.9 Å². The number of sulfonamides is 1. The van der Waals surface area contributed by atoms with E-state index in [0.29, 0.717) is 18.7 Å². The SMILES string of the molecule is CC1CN(S(=O)(=O)c2cccc(C(=O)N(C)C3CCNC3)c2)CC(C)O1. The predicted molar refractivity (Wildman–Crippen MR) is 98.6 cm³/mol. The number of ether oxygens (including phenoxy) is 1. The summed E-state index contributed by atoms with van der Waals surface area (Å²) >= 11 is 0. The predicted octanol–water partition coefficient (Wildman–Crippen LogP) is 0.918. The second-order valence-corrected chi connectivity index (χ2v) is 9.11. The minimum atomic E-state index is -3.66. The van der Waals surface area contributed by atoms with E-state index >= 15 is 0 Å². The van der Waals surface area contributed by atoms with Crippen molar-refractivity contribution in [3.8, 4) is 0 Å². The van der Waals surface area contributed by atoms with Gasteiger partial charge in [-0.2, -0.15) is 4.31 Å². The van der Waals surface area contributed by atoms with Gasteiger partial charge >= 0.3 is 0 Å². The van der Waals surface area contributed by atoms with Crippen molar-refractivity contribution in [3.63, 3.8) is 0 Å². The van der Waals surface area contributed by atoms with Gasteiger partial charge in [0, 0.05) is 38.3 Å². The van der Waals surface area contributed by atoms with Gasteiger partial charge in [-0.15, -0.1) is 0 Å². The third-order valence-electron chi connectivity index (χ3n) is 5.01. The van der Waals surface area contributed by atoms with E-state index in [1.165, 1.54) is 10.4 Å². The second-order valence-electron chi connectivity index (χ2n) is 7.17. The number of carbonyl (C=O) groups is 1. The topological polar surface area (TPSA) is 79.0 Å². The monoisotopic (exact) mass is 381 g/mol. The summed E-state index contributed by atoms with van der Waals surface area (Å²) in [5.74, 6) is -0.153. The van der Waals surface area contributed by atoms with Crippen LogP contribution in [0.3, 0.4) is 0 Å². The smallest absolute Gasteiger partial charge is 0.253 e. The molecule has 144 valence electrons. The third kappa shape index (κ3) is 3.93. The number of benzene rings is 1. The Balaban J connectivity index is 1.83. The summed E-state index contributed by atoms with van der Waals surface area (Å²) in [5.41, 5.74) is 0.398. The van der Waals surface area contributed by atoms with Crippen LogP contribution in [0.4, 0.5) is 0 Å². The molecule has 0 bridgehead atoms. The van der Waals surface area contributed by atoms with Gasteiger partial charge in [-0.3, -0.25) is 4.79 Å². The van der Waals surface area contributed by atoms with Gasteiger partial charge in [0.1, 0.15) is 0 Å². The molecule has 2 fully saturated rings. The Morgan fingerprint density at radius 2 is 1.96 bits per heavy atom. The van der Waals surface area contributed by atoms with Crippen LogP contribution < -0.4 is 5.32 Å². The Bertz CT molecular complexity index is 751. The number of hydrogen-bond donors (Lipinski definition) is 1. The summed E-state index contributed by atoms with van der Waals surface area (Å²) in [6.45, 7) is 6.02. The number of morpholine rings is 1. The van der Waals surface area contributed by atoms with E-state index in [-0.39, 0.29) is 29.1 Å². The number of amides is 1. The molecule has 1 N–H and O–H groups in total. The van der Waals surface area contributed by atoms with Crippen LogP contribution in [0.2, 0.25) is 0 Å². The second kappa shape index (κ2) is 7.64. The van der Waals surface area contributed by atoms with E-state index in [9.17, 15) is 13.2 Å². The van der Waals surface area contributed by atoms with E-state index in [4.69, 9.17) is 4.74 Å². The standard InChI is InChI=1S/C18H27N3O4S/c1-13-11-21(12-14(2)25-13)26(23,24)17-6-4-5-15(9-17)18(22)20(3)16-7-8-19-10-16/h4-6,9,13-14,16,19H,7-8,10-12H2,1-3H3. The van der Waals surface area contributed by atoms with Crippen LogP contribution in [0, 0.1) is 0 Å². The minimum Gasteiger partial charge on any atom is -0.373 e. The number of nitrogens with zero attached hydrogens (tertiary/aromatic N) is 2. The average Bonchev–Trinajstić information content (AvgIpc) is 3.14. The molecular formula is C18H27N3O4S. The quantitative estimate of drug-likeness (QED) is 0.839. The van der Waals surface area contributed by atoms with E-state index in [1.54, 1.807) is 30.1 Å². The number of likely N-dealkylation sites (N-methyl/N-ethyl adjacent to an activating group) is 1. The van der Waals surface area contributed by atoms with Gasteiger partial charge in [-0.1, -0.05) is 6.07 Å². The van der Waals surface area contributed by atoms with Gasteiger partial charge < -0.3 is 15.0 Å². The van der Waals surface area contributed by atoms with E-state index in [1.807, 2.05) is 13.8 Å². The maximum Gasteiger partial charge on any atom is 0.253 e. The summed E-state index contributed by atoms with van der Waals surface area (Å²) in [6.07, 6.45) is 0.600. The molecule has 0 radical (unpaired) electrons.